The fourth-order valence-electron chi connectivity index (χ4n) is 2.16. The number of likely N-dealkylation sites (tertiary alicyclic amines) is 1. The van der Waals surface area contributed by atoms with E-state index < -0.39 is 0 Å². The van der Waals surface area contributed by atoms with Gasteiger partial charge < -0.3 is 21.4 Å². The summed E-state index contributed by atoms with van der Waals surface area (Å²) in [5, 5.41) is 3.24. The van der Waals surface area contributed by atoms with Gasteiger partial charge in [0.2, 0.25) is 5.95 Å². The van der Waals surface area contributed by atoms with Crippen LogP contribution in [0, 0.1) is 0 Å². The monoisotopic (exact) mass is 251 g/mol. The van der Waals surface area contributed by atoms with E-state index in [9.17, 15) is 0 Å². The van der Waals surface area contributed by atoms with Gasteiger partial charge in [-0.3, -0.25) is 0 Å². The minimum absolute atomic E-state index is 0.214. The zero-order chi connectivity index (χ0) is 12.8. The van der Waals surface area contributed by atoms with Crippen LogP contribution in [0.25, 0.3) is 0 Å². The summed E-state index contributed by atoms with van der Waals surface area (Å²) < 4.78 is 0. The smallest absolute Gasteiger partial charge is 0.223 e. The van der Waals surface area contributed by atoms with Crippen molar-refractivity contribution in [2.24, 2.45) is 5.84 Å². The Labute approximate surface area is 107 Å². The molecule has 1 aliphatic heterocycles. The molecule has 1 aromatic heterocycles. The number of nitrogens with two attached hydrogens (primary N) is 2. The number of aromatic nitrogens is 2. The summed E-state index contributed by atoms with van der Waals surface area (Å²) in [6.45, 7) is 4.27. The topological polar surface area (TPSA) is 105 Å². The van der Waals surface area contributed by atoms with Crippen molar-refractivity contribution in [2.75, 3.05) is 42.7 Å². The molecule has 7 nitrogen and oxygen atoms in total. The van der Waals surface area contributed by atoms with E-state index in [1.807, 2.05) is 0 Å². The molecule has 1 saturated heterocycles. The van der Waals surface area contributed by atoms with E-state index in [1.54, 1.807) is 6.07 Å². The van der Waals surface area contributed by atoms with Crippen LogP contribution in [0.2, 0.25) is 0 Å². The molecule has 0 radical (unpaired) electrons. The molecule has 0 aliphatic carbocycles. The molecule has 7 heteroatoms. The van der Waals surface area contributed by atoms with Crippen molar-refractivity contribution in [3.8, 4) is 0 Å². The van der Waals surface area contributed by atoms with Gasteiger partial charge in [0.15, 0.2) is 0 Å². The van der Waals surface area contributed by atoms with Crippen LogP contribution in [0.5, 0.6) is 0 Å². The van der Waals surface area contributed by atoms with E-state index in [-0.39, 0.29) is 5.95 Å². The SMILES string of the molecule is NNc1cc(NCCN2CCCCC2)nc(N)n1. The van der Waals surface area contributed by atoms with Gasteiger partial charge in [-0.1, -0.05) is 6.42 Å². The van der Waals surface area contributed by atoms with Crippen LogP contribution in [0.1, 0.15) is 19.3 Å². The van der Waals surface area contributed by atoms with E-state index in [1.165, 1.54) is 32.4 Å². The zero-order valence-electron chi connectivity index (χ0n) is 10.5. The molecule has 100 valence electrons. The van der Waals surface area contributed by atoms with Crippen molar-refractivity contribution in [3.05, 3.63) is 6.07 Å². The molecule has 18 heavy (non-hydrogen) atoms. The highest BCUT2D eigenvalue weighted by molar-refractivity contribution is 5.50. The average Bonchev–Trinajstić information content (AvgIpc) is 2.39. The molecular weight excluding hydrogens is 230 g/mol. The third kappa shape index (κ3) is 3.71. The van der Waals surface area contributed by atoms with Gasteiger partial charge in [0.05, 0.1) is 0 Å². The number of nitrogen functional groups attached to an aromatic ring is 2. The first-order valence-electron chi connectivity index (χ1n) is 6.35. The summed E-state index contributed by atoms with van der Waals surface area (Å²) in [6, 6.07) is 1.74. The maximum atomic E-state index is 5.58. The molecule has 1 aliphatic rings. The van der Waals surface area contributed by atoms with E-state index >= 15 is 0 Å². The molecule has 1 aromatic rings. The standard InChI is InChI=1S/C11H21N7/c12-11-15-9(8-10(16-11)17-13)14-4-7-18-5-2-1-3-6-18/h8H,1-7,13H2,(H4,12,14,15,16,17). The summed E-state index contributed by atoms with van der Waals surface area (Å²) in [4.78, 5) is 10.5. The molecule has 0 aromatic carbocycles. The largest absolute Gasteiger partial charge is 0.369 e. The minimum atomic E-state index is 0.214. The average molecular weight is 251 g/mol. The lowest BCUT2D eigenvalue weighted by Crippen LogP contribution is -2.33. The van der Waals surface area contributed by atoms with E-state index in [0.717, 1.165) is 13.1 Å². The van der Waals surface area contributed by atoms with Crippen molar-refractivity contribution in [1.29, 1.82) is 0 Å². The lowest BCUT2D eigenvalue weighted by molar-refractivity contribution is 0.237. The molecule has 0 saturated carbocycles. The number of piperidine rings is 1. The Kier molecular flexibility index (Phi) is 4.54. The molecule has 2 rings (SSSR count). The first-order chi connectivity index (χ1) is 8.78. The summed E-state index contributed by atoms with van der Waals surface area (Å²) in [6.07, 6.45) is 3.97. The molecule has 0 amide bonds. The van der Waals surface area contributed by atoms with Gasteiger partial charge in [0.1, 0.15) is 11.6 Å². The van der Waals surface area contributed by atoms with Crippen LogP contribution in [-0.4, -0.2) is 41.0 Å². The van der Waals surface area contributed by atoms with E-state index in [2.05, 4.69) is 25.6 Å². The molecule has 1 fully saturated rings. The Morgan fingerprint density at radius 3 is 2.61 bits per heavy atom. The van der Waals surface area contributed by atoms with Gasteiger partial charge in [-0.2, -0.15) is 9.97 Å². The van der Waals surface area contributed by atoms with Crippen LogP contribution < -0.4 is 22.3 Å². The van der Waals surface area contributed by atoms with Gasteiger partial charge >= 0.3 is 0 Å². The second-order valence-electron chi connectivity index (χ2n) is 4.47. The van der Waals surface area contributed by atoms with Crippen LogP contribution in [0.15, 0.2) is 6.07 Å². The maximum Gasteiger partial charge on any atom is 0.223 e. The Morgan fingerprint density at radius 2 is 1.89 bits per heavy atom. The van der Waals surface area contributed by atoms with Gasteiger partial charge in [0.25, 0.3) is 0 Å². The zero-order valence-corrected chi connectivity index (χ0v) is 10.5. The fourth-order valence-corrected chi connectivity index (χ4v) is 2.16. The van der Waals surface area contributed by atoms with Gasteiger partial charge in [-0.05, 0) is 25.9 Å². The third-order valence-electron chi connectivity index (χ3n) is 3.07. The summed E-state index contributed by atoms with van der Waals surface area (Å²) in [5.41, 5.74) is 8.05. The number of rotatable bonds is 5. The van der Waals surface area contributed by atoms with E-state index in [4.69, 9.17) is 11.6 Å². The number of hydrogen-bond donors (Lipinski definition) is 4. The number of nitrogens with one attached hydrogen (secondary N) is 2. The molecule has 0 bridgehead atoms. The number of hydrazine groups is 1. The molecule has 0 unspecified atom stereocenters. The Bertz CT molecular complexity index is 376. The highest BCUT2D eigenvalue weighted by Crippen LogP contribution is 2.11. The van der Waals surface area contributed by atoms with Gasteiger partial charge in [-0.25, -0.2) is 5.84 Å². The van der Waals surface area contributed by atoms with Crippen molar-refractivity contribution in [3.63, 3.8) is 0 Å². The summed E-state index contributed by atoms with van der Waals surface area (Å²) in [5.74, 6) is 6.73. The van der Waals surface area contributed by atoms with Crippen molar-refractivity contribution in [2.45, 2.75) is 19.3 Å². The van der Waals surface area contributed by atoms with Crippen molar-refractivity contribution >= 4 is 17.6 Å². The lowest BCUT2D eigenvalue weighted by Gasteiger charge is -2.26. The van der Waals surface area contributed by atoms with E-state index in [0.29, 0.717) is 11.6 Å². The number of nitrogens with zero attached hydrogens (tertiary/aromatic N) is 3. The van der Waals surface area contributed by atoms with Crippen molar-refractivity contribution in [1.82, 2.24) is 14.9 Å². The molecule has 0 atom stereocenters. The second kappa shape index (κ2) is 6.36. The highest BCUT2D eigenvalue weighted by Gasteiger charge is 2.09. The second-order valence-corrected chi connectivity index (χ2v) is 4.47. The van der Waals surface area contributed by atoms with Crippen molar-refractivity contribution < 1.29 is 0 Å². The van der Waals surface area contributed by atoms with Gasteiger partial charge in [-0.15, -0.1) is 0 Å². The van der Waals surface area contributed by atoms with Crippen LogP contribution in [0.4, 0.5) is 17.6 Å². The molecular formula is C11H21N7. The van der Waals surface area contributed by atoms with Gasteiger partial charge in [0, 0.05) is 19.2 Å². The lowest BCUT2D eigenvalue weighted by atomic mass is 10.1. The number of hydrogen-bond acceptors (Lipinski definition) is 7. The Morgan fingerprint density at radius 1 is 1.17 bits per heavy atom. The highest BCUT2D eigenvalue weighted by atomic mass is 15.3. The summed E-state index contributed by atoms with van der Waals surface area (Å²) in [7, 11) is 0. The molecule has 2 heterocycles. The predicted molar refractivity (Wildman–Crippen MR) is 73.0 cm³/mol. The Hall–Kier alpha value is -1.60. The summed E-state index contributed by atoms with van der Waals surface area (Å²) >= 11 is 0. The van der Waals surface area contributed by atoms with Crippen LogP contribution >= 0.6 is 0 Å². The predicted octanol–water partition coefficient (Wildman–Crippen LogP) is 0.242. The maximum absolute atomic E-state index is 5.58. The first kappa shape index (κ1) is 12.8. The molecule has 6 N–H and O–H groups in total. The third-order valence-corrected chi connectivity index (χ3v) is 3.07. The Balaban J connectivity index is 1.80. The normalized spacial score (nSPS) is 16.5. The van der Waals surface area contributed by atoms with Crippen LogP contribution in [-0.2, 0) is 0 Å². The van der Waals surface area contributed by atoms with Crippen LogP contribution in [0.3, 0.4) is 0 Å². The fraction of sp³-hybridized carbons (Fsp3) is 0.636. The number of anilines is 3. The molecule has 0 spiro atoms. The minimum Gasteiger partial charge on any atom is -0.369 e. The quantitative estimate of drug-likeness (QED) is 0.439. The first-order valence-corrected chi connectivity index (χ1v) is 6.35.